The van der Waals surface area contributed by atoms with Gasteiger partial charge in [-0.25, -0.2) is 13.8 Å². The summed E-state index contributed by atoms with van der Waals surface area (Å²) >= 11 is 2.99. The van der Waals surface area contributed by atoms with Crippen LogP contribution in [0.3, 0.4) is 0 Å². The van der Waals surface area contributed by atoms with Gasteiger partial charge in [0.1, 0.15) is 10.3 Å². The molecule has 0 saturated heterocycles. The quantitative estimate of drug-likeness (QED) is 0.685. The number of hydrogen-bond acceptors (Lipinski definition) is 2. The standard InChI is InChI=1S/C9H7BrF4N2O/c10-6-3-1-2-5(16-6)7(17)15-4-9(13,14)8(11)12/h1-3,8H,4H2,(H,15,17). The fraction of sp³-hybridized carbons (Fsp3) is 0.333. The molecule has 1 heterocycles. The van der Waals surface area contributed by atoms with Crippen molar-refractivity contribution in [2.75, 3.05) is 6.54 Å². The van der Waals surface area contributed by atoms with Crippen LogP contribution in [0.1, 0.15) is 10.5 Å². The van der Waals surface area contributed by atoms with Crippen LogP contribution in [0.25, 0.3) is 0 Å². The van der Waals surface area contributed by atoms with Crippen LogP contribution in [0, 0.1) is 0 Å². The summed E-state index contributed by atoms with van der Waals surface area (Å²) in [5.41, 5.74) is -0.135. The molecule has 3 nitrogen and oxygen atoms in total. The molecule has 0 aromatic carbocycles. The zero-order chi connectivity index (χ0) is 13.1. The van der Waals surface area contributed by atoms with Crippen molar-refractivity contribution in [2.24, 2.45) is 0 Å². The largest absolute Gasteiger partial charge is 0.344 e. The average Bonchev–Trinajstić information content (AvgIpc) is 2.25. The SMILES string of the molecule is O=C(NCC(F)(F)C(F)F)c1cccc(Br)n1. The number of aromatic nitrogens is 1. The molecule has 0 aliphatic rings. The van der Waals surface area contributed by atoms with E-state index >= 15 is 0 Å². The van der Waals surface area contributed by atoms with E-state index in [0.29, 0.717) is 4.60 Å². The maximum atomic E-state index is 12.5. The highest BCUT2D eigenvalue weighted by molar-refractivity contribution is 9.10. The van der Waals surface area contributed by atoms with Crippen molar-refractivity contribution < 1.29 is 22.4 Å². The molecule has 0 bridgehead atoms. The first-order valence-corrected chi connectivity index (χ1v) is 5.19. The van der Waals surface area contributed by atoms with Crippen LogP contribution in [0.15, 0.2) is 22.8 Å². The predicted molar refractivity (Wildman–Crippen MR) is 55.2 cm³/mol. The van der Waals surface area contributed by atoms with Gasteiger partial charge in [0.25, 0.3) is 5.91 Å². The molecule has 0 unspecified atom stereocenters. The molecule has 1 aromatic rings. The van der Waals surface area contributed by atoms with Crippen LogP contribution in [-0.4, -0.2) is 29.8 Å². The fourth-order valence-electron chi connectivity index (χ4n) is 0.901. The molecule has 1 amide bonds. The minimum absolute atomic E-state index is 0.135. The zero-order valence-electron chi connectivity index (χ0n) is 8.26. The number of carbonyl (C=O) groups is 1. The summed E-state index contributed by atoms with van der Waals surface area (Å²) in [6, 6.07) is 4.28. The lowest BCUT2D eigenvalue weighted by atomic mass is 10.3. The van der Waals surface area contributed by atoms with Gasteiger partial charge in [-0.2, -0.15) is 8.78 Å². The molecule has 0 aliphatic carbocycles. The summed E-state index contributed by atoms with van der Waals surface area (Å²) in [5, 5.41) is 1.70. The van der Waals surface area contributed by atoms with Crippen LogP contribution < -0.4 is 5.32 Å². The molecule has 0 aliphatic heterocycles. The monoisotopic (exact) mass is 314 g/mol. The molecule has 0 spiro atoms. The molecule has 0 fully saturated rings. The Labute approximate surface area is 102 Å². The second kappa shape index (κ2) is 5.44. The highest BCUT2D eigenvalue weighted by Gasteiger charge is 2.40. The number of amides is 1. The van der Waals surface area contributed by atoms with Gasteiger partial charge in [-0.1, -0.05) is 6.07 Å². The van der Waals surface area contributed by atoms with E-state index in [0.717, 1.165) is 0 Å². The van der Waals surface area contributed by atoms with Crippen LogP contribution in [0.4, 0.5) is 17.6 Å². The van der Waals surface area contributed by atoms with Gasteiger partial charge in [0.2, 0.25) is 0 Å². The maximum Gasteiger partial charge on any atom is 0.324 e. The van der Waals surface area contributed by atoms with E-state index in [1.54, 1.807) is 5.32 Å². The summed E-state index contributed by atoms with van der Waals surface area (Å²) < 4.78 is 49.0. The predicted octanol–water partition coefficient (Wildman–Crippen LogP) is 2.47. The molecule has 1 aromatic heterocycles. The Morgan fingerprint density at radius 1 is 1.47 bits per heavy atom. The zero-order valence-corrected chi connectivity index (χ0v) is 9.85. The molecule has 0 radical (unpaired) electrons. The Hall–Kier alpha value is -1.18. The van der Waals surface area contributed by atoms with Gasteiger partial charge < -0.3 is 5.32 Å². The Balaban J connectivity index is 2.62. The van der Waals surface area contributed by atoms with E-state index < -0.39 is 24.8 Å². The lowest BCUT2D eigenvalue weighted by Crippen LogP contribution is -2.41. The second-order valence-electron chi connectivity index (χ2n) is 3.09. The van der Waals surface area contributed by atoms with Gasteiger partial charge in [-0.05, 0) is 28.1 Å². The first-order valence-electron chi connectivity index (χ1n) is 4.39. The number of nitrogens with zero attached hydrogens (tertiary/aromatic N) is 1. The van der Waals surface area contributed by atoms with Gasteiger partial charge in [0.15, 0.2) is 0 Å². The first-order chi connectivity index (χ1) is 7.83. The molecule has 94 valence electrons. The van der Waals surface area contributed by atoms with Crippen molar-refractivity contribution in [2.45, 2.75) is 12.3 Å². The van der Waals surface area contributed by atoms with Gasteiger partial charge in [-0.15, -0.1) is 0 Å². The van der Waals surface area contributed by atoms with Crippen molar-refractivity contribution in [3.05, 3.63) is 28.5 Å². The molecule has 0 saturated carbocycles. The van der Waals surface area contributed by atoms with Crippen molar-refractivity contribution >= 4 is 21.8 Å². The maximum absolute atomic E-state index is 12.5. The number of rotatable bonds is 4. The second-order valence-corrected chi connectivity index (χ2v) is 3.90. The highest BCUT2D eigenvalue weighted by Crippen LogP contribution is 2.21. The molecule has 8 heteroatoms. The molecule has 17 heavy (non-hydrogen) atoms. The van der Waals surface area contributed by atoms with E-state index in [2.05, 4.69) is 20.9 Å². The van der Waals surface area contributed by atoms with Crippen LogP contribution in [0.2, 0.25) is 0 Å². The van der Waals surface area contributed by atoms with Crippen molar-refractivity contribution in [3.63, 3.8) is 0 Å². The van der Waals surface area contributed by atoms with Gasteiger partial charge in [0.05, 0.1) is 6.54 Å². The lowest BCUT2D eigenvalue weighted by molar-refractivity contribution is -0.123. The summed E-state index contributed by atoms with van der Waals surface area (Å²) in [6.07, 6.45) is -3.82. The number of nitrogens with one attached hydrogen (secondary N) is 1. The molecule has 1 N–H and O–H groups in total. The van der Waals surface area contributed by atoms with E-state index in [4.69, 9.17) is 0 Å². The lowest BCUT2D eigenvalue weighted by Gasteiger charge is -2.15. The summed E-state index contributed by atoms with van der Waals surface area (Å²) in [7, 11) is 0. The van der Waals surface area contributed by atoms with Crippen LogP contribution in [-0.2, 0) is 0 Å². The van der Waals surface area contributed by atoms with Gasteiger partial charge in [-0.3, -0.25) is 4.79 Å². The number of hydrogen-bond donors (Lipinski definition) is 1. The highest BCUT2D eigenvalue weighted by atomic mass is 79.9. The molecular formula is C9H7BrF4N2O. The van der Waals surface area contributed by atoms with Gasteiger partial charge >= 0.3 is 12.3 Å². The van der Waals surface area contributed by atoms with E-state index in [-0.39, 0.29) is 5.69 Å². The Morgan fingerprint density at radius 3 is 2.65 bits per heavy atom. The molecule has 1 rings (SSSR count). The van der Waals surface area contributed by atoms with Crippen molar-refractivity contribution in [1.82, 2.24) is 10.3 Å². The third kappa shape index (κ3) is 3.95. The normalized spacial score (nSPS) is 11.6. The minimum atomic E-state index is -4.25. The third-order valence-electron chi connectivity index (χ3n) is 1.75. The first kappa shape index (κ1) is 13.9. The summed E-state index contributed by atoms with van der Waals surface area (Å²) in [4.78, 5) is 15.0. The smallest absolute Gasteiger partial charge is 0.324 e. The van der Waals surface area contributed by atoms with E-state index in [9.17, 15) is 22.4 Å². The Kier molecular flexibility index (Phi) is 4.44. The van der Waals surface area contributed by atoms with Crippen LogP contribution >= 0.6 is 15.9 Å². The third-order valence-corrected chi connectivity index (χ3v) is 2.19. The van der Waals surface area contributed by atoms with E-state index in [1.807, 2.05) is 0 Å². The molecular weight excluding hydrogens is 308 g/mol. The number of halogens is 5. The Morgan fingerprint density at radius 2 is 2.12 bits per heavy atom. The summed E-state index contributed by atoms with van der Waals surface area (Å²) in [5.74, 6) is -5.19. The van der Waals surface area contributed by atoms with E-state index in [1.165, 1.54) is 18.2 Å². The molecule has 0 atom stereocenters. The number of alkyl halides is 4. The topological polar surface area (TPSA) is 42.0 Å². The summed E-state index contributed by atoms with van der Waals surface area (Å²) in [6.45, 7) is -1.43. The number of carbonyl (C=O) groups excluding carboxylic acids is 1. The fourth-order valence-corrected chi connectivity index (χ4v) is 1.24. The number of pyridine rings is 1. The van der Waals surface area contributed by atoms with Crippen molar-refractivity contribution in [3.8, 4) is 0 Å². The Bertz CT molecular complexity index is 414. The van der Waals surface area contributed by atoms with Crippen molar-refractivity contribution in [1.29, 1.82) is 0 Å². The minimum Gasteiger partial charge on any atom is -0.344 e. The van der Waals surface area contributed by atoms with Gasteiger partial charge in [0, 0.05) is 0 Å². The average molecular weight is 315 g/mol. The van der Waals surface area contributed by atoms with Crippen LogP contribution in [0.5, 0.6) is 0 Å².